The predicted molar refractivity (Wildman–Crippen MR) is 57.2 cm³/mol. The second-order valence-corrected chi connectivity index (χ2v) is 3.55. The first kappa shape index (κ1) is 14.6. The number of aryl methyl sites for hydroxylation is 1. The number of carbonyl (C=O) groups excluding carboxylic acids is 1. The molecule has 0 aromatic carbocycles. The molecule has 0 aliphatic carbocycles. The lowest BCUT2D eigenvalue weighted by molar-refractivity contribution is -0.696. The molecule has 0 aliphatic heterocycles. The van der Waals surface area contributed by atoms with Gasteiger partial charge in [0.15, 0.2) is 0 Å². The number of imidazole rings is 1. The van der Waals surface area contributed by atoms with Gasteiger partial charge in [-0.1, -0.05) is 13.3 Å². The molecule has 0 fully saturated rings. The second kappa shape index (κ2) is 8.91. The zero-order valence-corrected chi connectivity index (χ0v) is 9.85. The number of nitrogens with one attached hydrogen (secondary N) is 1. The molecule has 1 aromatic rings. The second-order valence-electron chi connectivity index (χ2n) is 3.55. The molecule has 0 amide bonds. The van der Waals surface area contributed by atoms with Crippen LogP contribution in [0.5, 0.6) is 0 Å². The third-order valence-electron chi connectivity index (χ3n) is 1.96. The molecule has 0 spiro atoms. The van der Waals surface area contributed by atoms with E-state index in [1.807, 2.05) is 12.5 Å². The molecule has 0 saturated heterocycles. The van der Waals surface area contributed by atoms with Crippen molar-refractivity contribution in [2.24, 2.45) is 0 Å². The maximum absolute atomic E-state index is 9.34. The minimum absolute atomic E-state index is 1.13. The monoisotopic (exact) mass is 228 g/mol. The summed E-state index contributed by atoms with van der Waals surface area (Å²) in [6.45, 7) is 4.51. The van der Waals surface area contributed by atoms with Crippen LogP contribution in [0, 0.1) is 0 Å². The number of aliphatic carboxylic acids is 1. The first-order chi connectivity index (χ1) is 7.57. The van der Waals surface area contributed by atoms with E-state index in [-0.39, 0.29) is 0 Å². The molecule has 5 heteroatoms. The molecule has 1 heterocycles. The van der Waals surface area contributed by atoms with Crippen molar-refractivity contribution >= 4 is 5.97 Å². The molecule has 0 saturated carbocycles. The topological polar surface area (TPSA) is 80.0 Å². The zero-order chi connectivity index (χ0) is 12.4. The molecule has 1 aromatic heterocycles. The van der Waals surface area contributed by atoms with Crippen molar-refractivity contribution in [3.05, 3.63) is 18.7 Å². The molecule has 0 aliphatic rings. The maximum atomic E-state index is 9.34. The van der Waals surface area contributed by atoms with Crippen molar-refractivity contribution in [1.29, 1.82) is 0 Å². The standard InChI is InChI=1S/C8H14N2.C3H6O3/c1-2-3-4-6-10-7-5-9-8-10;1-2(4)3(5)6/h5,7-8H,2-4,6H2,1H3;2,4H,1H3,(H,5,6)/t;2-/m.0/s1. The van der Waals surface area contributed by atoms with Crippen molar-refractivity contribution in [2.75, 3.05) is 0 Å². The van der Waals surface area contributed by atoms with Crippen LogP contribution in [-0.2, 0) is 11.3 Å². The number of H-pyrrole nitrogens is 1. The highest BCUT2D eigenvalue weighted by molar-refractivity contribution is 5.68. The van der Waals surface area contributed by atoms with E-state index < -0.39 is 12.1 Å². The number of nitrogens with zero attached hydrogens (tertiary/aromatic N) is 1. The Morgan fingerprint density at radius 2 is 2.19 bits per heavy atom. The number of rotatable bonds is 5. The molecule has 0 radical (unpaired) electrons. The van der Waals surface area contributed by atoms with E-state index in [2.05, 4.69) is 22.7 Å². The highest BCUT2D eigenvalue weighted by Crippen LogP contribution is 1.92. The Morgan fingerprint density at radius 1 is 1.56 bits per heavy atom. The van der Waals surface area contributed by atoms with Crippen molar-refractivity contribution in [3.8, 4) is 0 Å². The van der Waals surface area contributed by atoms with Crippen molar-refractivity contribution in [2.45, 2.75) is 45.8 Å². The molecule has 0 bridgehead atoms. The summed E-state index contributed by atoms with van der Waals surface area (Å²) in [6, 6.07) is 0. The molecule has 92 valence electrons. The molecule has 16 heavy (non-hydrogen) atoms. The van der Waals surface area contributed by atoms with Crippen LogP contribution in [0.1, 0.15) is 33.1 Å². The number of carboxylic acids is 1. The van der Waals surface area contributed by atoms with Gasteiger partial charge in [0.25, 0.3) is 0 Å². The SMILES string of the molecule is CCCCC[n+]1cc[nH]c1.C[C@H](O)C(=O)[O-]. The summed E-state index contributed by atoms with van der Waals surface area (Å²) < 4.78 is 2.18. The van der Waals surface area contributed by atoms with E-state index in [0.29, 0.717) is 0 Å². The molecular weight excluding hydrogens is 208 g/mol. The van der Waals surface area contributed by atoms with E-state index in [9.17, 15) is 9.90 Å². The largest absolute Gasteiger partial charge is 0.547 e. The number of aliphatic hydroxyl groups is 1. The molecule has 2 N–H and O–H groups in total. The van der Waals surface area contributed by atoms with Crippen LogP contribution >= 0.6 is 0 Å². The fourth-order valence-corrected chi connectivity index (χ4v) is 1.00. The highest BCUT2D eigenvalue weighted by atomic mass is 16.4. The summed E-state index contributed by atoms with van der Waals surface area (Å²) in [5.41, 5.74) is 0. The van der Waals surface area contributed by atoms with E-state index in [4.69, 9.17) is 5.11 Å². The van der Waals surface area contributed by atoms with Crippen molar-refractivity contribution in [1.82, 2.24) is 4.98 Å². The number of hydrogen-bond donors (Lipinski definition) is 2. The number of aromatic nitrogens is 2. The van der Waals surface area contributed by atoms with E-state index in [0.717, 1.165) is 13.5 Å². The first-order valence-corrected chi connectivity index (χ1v) is 5.48. The van der Waals surface area contributed by atoms with Crippen LogP contribution in [0.4, 0.5) is 0 Å². The lowest BCUT2D eigenvalue weighted by Crippen LogP contribution is -2.32. The van der Waals surface area contributed by atoms with Crippen LogP contribution in [-0.4, -0.2) is 22.2 Å². The van der Waals surface area contributed by atoms with Gasteiger partial charge in [0, 0.05) is 0 Å². The zero-order valence-electron chi connectivity index (χ0n) is 9.85. The van der Waals surface area contributed by atoms with Crippen molar-refractivity contribution < 1.29 is 19.6 Å². The Hall–Kier alpha value is -1.36. The lowest BCUT2D eigenvalue weighted by Gasteiger charge is -2.00. The normalized spacial score (nSPS) is 11.4. The third kappa shape index (κ3) is 7.99. The Balaban J connectivity index is 0.000000325. The Kier molecular flexibility index (Phi) is 8.15. The average molecular weight is 228 g/mol. The predicted octanol–water partition coefficient (Wildman–Crippen LogP) is -0.390. The number of hydrogen-bond acceptors (Lipinski definition) is 3. The number of aliphatic hydroxyl groups excluding tert-OH is 1. The van der Waals surface area contributed by atoms with Gasteiger partial charge in [-0.25, -0.2) is 4.57 Å². The summed E-state index contributed by atoms with van der Waals surface area (Å²) in [5.74, 6) is -1.44. The van der Waals surface area contributed by atoms with Crippen LogP contribution in [0.3, 0.4) is 0 Å². The van der Waals surface area contributed by atoms with Gasteiger partial charge in [-0.3, -0.25) is 4.98 Å². The molecular formula is C11H20N2O3. The van der Waals surface area contributed by atoms with Crippen LogP contribution < -0.4 is 9.67 Å². The van der Waals surface area contributed by atoms with Gasteiger partial charge < -0.3 is 15.0 Å². The quantitative estimate of drug-likeness (QED) is 0.532. The van der Waals surface area contributed by atoms with Crippen LogP contribution in [0.25, 0.3) is 0 Å². The maximum Gasteiger partial charge on any atom is 0.241 e. The smallest absolute Gasteiger partial charge is 0.241 e. The fourth-order valence-electron chi connectivity index (χ4n) is 1.00. The molecule has 1 atom stereocenters. The Bertz CT molecular complexity index is 271. The minimum Gasteiger partial charge on any atom is -0.547 e. The molecule has 0 unspecified atom stereocenters. The lowest BCUT2D eigenvalue weighted by atomic mass is 10.2. The van der Waals surface area contributed by atoms with Gasteiger partial charge in [-0.05, 0) is 19.8 Å². The molecule has 5 nitrogen and oxygen atoms in total. The Labute approximate surface area is 95.7 Å². The average Bonchev–Trinajstić information content (AvgIpc) is 2.72. The summed E-state index contributed by atoms with van der Waals surface area (Å²) in [6.07, 6.45) is 8.59. The number of carboxylic acid groups (broad SMARTS) is 1. The molecule has 1 rings (SSSR count). The van der Waals surface area contributed by atoms with Crippen LogP contribution in [0.2, 0.25) is 0 Å². The van der Waals surface area contributed by atoms with Crippen LogP contribution in [0.15, 0.2) is 18.7 Å². The van der Waals surface area contributed by atoms with Gasteiger partial charge >= 0.3 is 0 Å². The summed E-state index contributed by atoms with van der Waals surface area (Å²) in [5, 5.41) is 17.3. The van der Waals surface area contributed by atoms with Gasteiger partial charge in [0.1, 0.15) is 12.4 Å². The number of carbonyl (C=O) groups is 1. The van der Waals surface area contributed by atoms with Gasteiger partial charge in [-0.15, -0.1) is 0 Å². The summed E-state index contributed by atoms with van der Waals surface area (Å²) in [7, 11) is 0. The number of aromatic amines is 1. The van der Waals surface area contributed by atoms with Gasteiger partial charge in [-0.2, -0.15) is 0 Å². The first-order valence-electron chi connectivity index (χ1n) is 5.48. The van der Waals surface area contributed by atoms with Gasteiger partial charge in [0.2, 0.25) is 6.33 Å². The third-order valence-corrected chi connectivity index (χ3v) is 1.96. The highest BCUT2D eigenvalue weighted by Gasteiger charge is 1.93. The van der Waals surface area contributed by atoms with Crippen molar-refractivity contribution in [3.63, 3.8) is 0 Å². The van der Waals surface area contributed by atoms with E-state index in [1.54, 1.807) is 0 Å². The van der Waals surface area contributed by atoms with Gasteiger partial charge in [0.05, 0.1) is 18.6 Å². The summed E-state index contributed by atoms with van der Waals surface area (Å²) >= 11 is 0. The minimum atomic E-state index is -1.44. The number of unbranched alkanes of at least 4 members (excludes halogenated alkanes) is 2. The Morgan fingerprint density at radius 3 is 2.56 bits per heavy atom. The summed E-state index contributed by atoms with van der Waals surface area (Å²) in [4.78, 5) is 12.4. The van der Waals surface area contributed by atoms with E-state index >= 15 is 0 Å². The van der Waals surface area contributed by atoms with E-state index in [1.165, 1.54) is 19.3 Å². The fraction of sp³-hybridized carbons (Fsp3) is 0.636.